The minimum absolute atomic E-state index is 0.136. The first kappa shape index (κ1) is 22.6. The summed E-state index contributed by atoms with van der Waals surface area (Å²) in [6.07, 6.45) is 7.01. The number of nitrogens with zero attached hydrogens (tertiary/aromatic N) is 3. The standard InChI is InChI=1S/C26H29N3O4/c1-17-22(28-26(33-17)19-10-12-24(27-16-19)29(2)3)14-15-32-23-9-5-7-20-18(11-13-25(30)31)6-4-8-21(20)23/h5-7,9-10,12,16H,4,8,11,13-15H2,1-3H3,(H,30,31). The lowest BCUT2D eigenvalue weighted by Gasteiger charge is -2.20. The fraction of sp³-hybridized carbons (Fsp3) is 0.346. The van der Waals surface area contributed by atoms with Gasteiger partial charge in [0.1, 0.15) is 17.3 Å². The summed E-state index contributed by atoms with van der Waals surface area (Å²) in [4.78, 5) is 22.0. The number of allylic oxidation sites excluding steroid dienone is 2. The Morgan fingerprint density at radius 3 is 2.79 bits per heavy atom. The maximum atomic E-state index is 11.0. The minimum atomic E-state index is -0.776. The van der Waals surface area contributed by atoms with Crippen LogP contribution in [0.5, 0.6) is 5.75 Å². The number of aryl methyl sites for hydroxylation is 1. The molecule has 1 N–H and O–H groups in total. The summed E-state index contributed by atoms with van der Waals surface area (Å²) in [6.45, 7) is 2.40. The highest BCUT2D eigenvalue weighted by Crippen LogP contribution is 2.35. The maximum Gasteiger partial charge on any atom is 0.303 e. The van der Waals surface area contributed by atoms with Crippen LogP contribution < -0.4 is 9.64 Å². The molecule has 0 unspecified atom stereocenters. The van der Waals surface area contributed by atoms with E-state index in [0.717, 1.165) is 58.1 Å². The fourth-order valence-corrected chi connectivity index (χ4v) is 4.06. The summed E-state index contributed by atoms with van der Waals surface area (Å²) < 4.78 is 12.0. The van der Waals surface area contributed by atoms with E-state index >= 15 is 0 Å². The van der Waals surface area contributed by atoms with E-state index < -0.39 is 5.97 Å². The van der Waals surface area contributed by atoms with Crippen LogP contribution in [0.1, 0.15) is 41.8 Å². The van der Waals surface area contributed by atoms with Gasteiger partial charge in [-0.25, -0.2) is 9.97 Å². The van der Waals surface area contributed by atoms with Gasteiger partial charge in [0.15, 0.2) is 0 Å². The average molecular weight is 448 g/mol. The van der Waals surface area contributed by atoms with E-state index in [-0.39, 0.29) is 6.42 Å². The molecule has 1 aliphatic rings. The molecular formula is C26H29N3O4. The number of carbonyl (C=O) groups is 1. The number of rotatable bonds is 9. The number of oxazole rings is 1. The molecule has 4 rings (SSSR count). The van der Waals surface area contributed by atoms with E-state index in [1.807, 2.05) is 50.2 Å². The van der Waals surface area contributed by atoms with Crippen LogP contribution in [0.3, 0.4) is 0 Å². The molecule has 0 saturated heterocycles. The van der Waals surface area contributed by atoms with Crippen LogP contribution in [0.2, 0.25) is 0 Å². The molecule has 33 heavy (non-hydrogen) atoms. The number of ether oxygens (including phenoxy) is 1. The average Bonchev–Trinajstić information content (AvgIpc) is 3.18. The highest BCUT2D eigenvalue weighted by Gasteiger charge is 2.18. The van der Waals surface area contributed by atoms with Crippen molar-refractivity contribution in [3.8, 4) is 17.2 Å². The first-order valence-electron chi connectivity index (χ1n) is 11.2. The van der Waals surface area contributed by atoms with Gasteiger partial charge >= 0.3 is 5.97 Å². The SMILES string of the molecule is Cc1oc(-c2ccc(N(C)C)nc2)nc1CCOc1cccc2c1CCC=C2CCC(=O)O. The zero-order valence-electron chi connectivity index (χ0n) is 19.3. The topological polar surface area (TPSA) is 88.7 Å². The van der Waals surface area contributed by atoms with Crippen LogP contribution in [-0.4, -0.2) is 41.7 Å². The fourth-order valence-electron chi connectivity index (χ4n) is 4.06. The Hall–Kier alpha value is -3.61. The summed E-state index contributed by atoms with van der Waals surface area (Å²) >= 11 is 0. The number of aliphatic carboxylic acids is 1. The van der Waals surface area contributed by atoms with Gasteiger partial charge in [0.25, 0.3) is 0 Å². The molecule has 7 heteroatoms. The Bertz CT molecular complexity index is 1160. The van der Waals surface area contributed by atoms with Gasteiger partial charge in [-0.05, 0) is 55.5 Å². The second kappa shape index (κ2) is 9.90. The minimum Gasteiger partial charge on any atom is -0.493 e. The predicted octanol–water partition coefficient (Wildman–Crippen LogP) is 4.93. The van der Waals surface area contributed by atoms with Gasteiger partial charge in [-0.3, -0.25) is 4.79 Å². The number of anilines is 1. The van der Waals surface area contributed by atoms with Crippen molar-refractivity contribution in [1.29, 1.82) is 0 Å². The highest BCUT2D eigenvalue weighted by atomic mass is 16.5. The van der Waals surface area contributed by atoms with Crippen LogP contribution in [-0.2, 0) is 17.6 Å². The zero-order valence-corrected chi connectivity index (χ0v) is 19.3. The molecule has 0 bridgehead atoms. The monoisotopic (exact) mass is 447 g/mol. The van der Waals surface area contributed by atoms with Crippen molar-refractivity contribution in [1.82, 2.24) is 9.97 Å². The second-order valence-electron chi connectivity index (χ2n) is 8.36. The Kier molecular flexibility index (Phi) is 6.77. The predicted molar refractivity (Wildman–Crippen MR) is 128 cm³/mol. The first-order valence-corrected chi connectivity index (χ1v) is 11.2. The van der Waals surface area contributed by atoms with E-state index in [1.165, 1.54) is 0 Å². The number of benzene rings is 1. The molecule has 0 radical (unpaired) electrons. The van der Waals surface area contributed by atoms with Gasteiger partial charge in [-0.2, -0.15) is 0 Å². The summed E-state index contributed by atoms with van der Waals surface area (Å²) in [7, 11) is 3.90. The van der Waals surface area contributed by atoms with Crippen LogP contribution >= 0.6 is 0 Å². The van der Waals surface area contributed by atoms with E-state index in [1.54, 1.807) is 6.20 Å². The number of hydrogen-bond acceptors (Lipinski definition) is 6. The molecule has 0 atom stereocenters. The normalized spacial score (nSPS) is 12.8. The van der Waals surface area contributed by atoms with Crippen molar-refractivity contribution in [2.24, 2.45) is 0 Å². The van der Waals surface area contributed by atoms with Crippen molar-refractivity contribution in [3.05, 3.63) is 65.2 Å². The lowest BCUT2D eigenvalue weighted by Crippen LogP contribution is -2.10. The number of fused-ring (bicyclic) bond motifs is 1. The lowest BCUT2D eigenvalue weighted by atomic mass is 9.88. The number of carboxylic acid groups (broad SMARTS) is 1. The number of pyridine rings is 1. The molecule has 0 saturated carbocycles. The molecule has 2 heterocycles. The van der Waals surface area contributed by atoms with E-state index in [2.05, 4.69) is 22.1 Å². The van der Waals surface area contributed by atoms with Gasteiger partial charge in [0.2, 0.25) is 5.89 Å². The van der Waals surface area contributed by atoms with Gasteiger partial charge in [-0.1, -0.05) is 18.2 Å². The molecule has 0 spiro atoms. The van der Waals surface area contributed by atoms with Crippen molar-refractivity contribution in [3.63, 3.8) is 0 Å². The number of hydrogen-bond donors (Lipinski definition) is 1. The van der Waals surface area contributed by atoms with E-state index in [0.29, 0.717) is 25.3 Å². The Labute approximate surface area is 193 Å². The molecule has 0 aliphatic heterocycles. The van der Waals surface area contributed by atoms with E-state index in [9.17, 15) is 4.79 Å². The van der Waals surface area contributed by atoms with Gasteiger partial charge < -0.3 is 19.2 Å². The van der Waals surface area contributed by atoms with Crippen LogP contribution in [0, 0.1) is 6.92 Å². The maximum absolute atomic E-state index is 11.0. The summed E-state index contributed by atoms with van der Waals surface area (Å²) in [5, 5.41) is 9.03. The van der Waals surface area contributed by atoms with Crippen LogP contribution in [0.15, 0.2) is 47.0 Å². The molecule has 1 aliphatic carbocycles. The smallest absolute Gasteiger partial charge is 0.303 e. The van der Waals surface area contributed by atoms with Gasteiger partial charge in [0.05, 0.1) is 17.9 Å². The van der Waals surface area contributed by atoms with Crippen molar-refractivity contribution in [2.45, 2.75) is 39.0 Å². The quantitative estimate of drug-likeness (QED) is 0.498. The molecule has 0 amide bonds. The number of carboxylic acids is 1. The third-order valence-electron chi connectivity index (χ3n) is 5.81. The Balaban J connectivity index is 1.42. The van der Waals surface area contributed by atoms with Crippen molar-refractivity contribution < 1.29 is 19.1 Å². The third kappa shape index (κ3) is 5.25. The molecule has 7 nitrogen and oxygen atoms in total. The molecule has 2 aromatic heterocycles. The van der Waals surface area contributed by atoms with E-state index in [4.69, 9.17) is 14.3 Å². The van der Waals surface area contributed by atoms with Gasteiger partial charge in [-0.15, -0.1) is 0 Å². The van der Waals surface area contributed by atoms with Crippen molar-refractivity contribution in [2.75, 3.05) is 25.6 Å². The molecule has 0 fully saturated rings. The zero-order chi connectivity index (χ0) is 23.4. The Morgan fingerprint density at radius 2 is 2.06 bits per heavy atom. The lowest BCUT2D eigenvalue weighted by molar-refractivity contribution is -0.136. The third-order valence-corrected chi connectivity index (χ3v) is 5.81. The Morgan fingerprint density at radius 1 is 1.21 bits per heavy atom. The summed E-state index contributed by atoms with van der Waals surface area (Å²) in [5.74, 6) is 2.30. The summed E-state index contributed by atoms with van der Waals surface area (Å²) in [5.41, 5.74) is 5.07. The number of aromatic nitrogens is 2. The molecule has 1 aromatic carbocycles. The molecule has 3 aromatic rings. The van der Waals surface area contributed by atoms with Gasteiger partial charge in [0, 0.05) is 38.7 Å². The largest absolute Gasteiger partial charge is 0.493 e. The van der Waals surface area contributed by atoms with Crippen LogP contribution in [0.25, 0.3) is 17.0 Å². The first-order chi connectivity index (χ1) is 15.9. The second-order valence-corrected chi connectivity index (χ2v) is 8.36. The van der Waals surface area contributed by atoms with Crippen molar-refractivity contribution >= 4 is 17.4 Å². The molecular weight excluding hydrogens is 418 g/mol. The summed E-state index contributed by atoms with van der Waals surface area (Å²) in [6, 6.07) is 9.91. The molecule has 172 valence electrons. The highest BCUT2D eigenvalue weighted by molar-refractivity contribution is 5.76. The van der Waals surface area contributed by atoms with Crippen LogP contribution in [0.4, 0.5) is 5.82 Å².